The lowest BCUT2D eigenvalue weighted by molar-refractivity contribution is -0.142. The first-order chi connectivity index (χ1) is 17.7. The molecule has 37 heavy (non-hydrogen) atoms. The second-order valence-corrected chi connectivity index (χ2v) is 8.26. The van der Waals surface area contributed by atoms with Gasteiger partial charge in [0.05, 0.1) is 18.9 Å². The van der Waals surface area contributed by atoms with E-state index in [0.29, 0.717) is 25.1 Å². The van der Waals surface area contributed by atoms with Gasteiger partial charge < -0.3 is 43.2 Å². The fourth-order valence-corrected chi connectivity index (χ4v) is 3.34. The highest BCUT2D eigenvalue weighted by atomic mass is 16.4. The van der Waals surface area contributed by atoms with E-state index in [1.165, 1.54) is 12.5 Å². The first-order valence-electron chi connectivity index (χ1n) is 11.6. The Bertz CT molecular complexity index is 1060. The smallest absolute Gasteiger partial charge is 0.326 e. The van der Waals surface area contributed by atoms with E-state index in [2.05, 4.69) is 30.9 Å². The van der Waals surface area contributed by atoms with Gasteiger partial charge in [-0.05, 0) is 18.4 Å². The molecule has 1 aromatic carbocycles. The van der Waals surface area contributed by atoms with Gasteiger partial charge >= 0.3 is 5.97 Å². The molecule has 14 heteroatoms. The number of guanidine groups is 1. The number of aromatic nitrogens is 2. The van der Waals surface area contributed by atoms with Crippen molar-refractivity contribution in [1.82, 2.24) is 25.9 Å². The van der Waals surface area contributed by atoms with Crippen LogP contribution < -0.4 is 33.2 Å². The van der Waals surface area contributed by atoms with Crippen molar-refractivity contribution in [3.63, 3.8) is 0 Å². The lowest BCUT2D eigenvalue weighted by Crippen LogP contribution is -2.54. The van der Waals surface area contributed by atoms with Crippen LogP contribution in [0.25, 0.3) is 0 Å². The van der Waals surface area contributed by atoms with Crippen molar-refractivity contribution in [1.29, 1.82) is 0 Å². The lowest BCUT2D eigenvalue weighted by atomic mass is 10.0. The zero-order chi connectivity index (χ0) is 27.2. The second kappa shape index (κ2) is 14.8. The van der Waals surface area contributed by atoms with Crippen LogP contribution in [0.2, 0.25) is 0 Å². The van der Waals surface area contributed by atoms with E-state index in [1.54, 1.807) is 30.3 Å². The standard InChI is InChI=1S/C23H33N9O5/c24-16(7-4-8-28-23(25)26)20(34)29-12-19(33)31-17(9-14-5-2-1-3-6-14)21(35)32-18(22(36)37)10-15-11-27-13-30-15/h1-3,5-6,11,13,16-18H,4,7-10,12,24H2,(H,27,30)(H,29,34)(H,31,33)(H,32,35)(H,36,37)(H4,25,26,28). The van der Waals surface area contributed by atoms with Crippen molar-refractivity contribution in [2.45, 2.75) is 43.8 Å². The number of imidazole rings is 1. The molecule has 1 heterocycles. The number of nitrogens with zero attached hydrogens (tertiary/aromatic N) is 2. The molecule has 14 nitrogen and oxygen atoms in total. The topological polar surface area (TPSA) is 244 Å². The predicted molar refractivity (Wildman–Crippen MR) is 135 cm³/mol. The number of aliphatic imine (C=N–C) groups is 1. The maximum Gasteiger partial charge on any atom is 0.326 e. The molecule has 11 N–H and O–H groups in total. The minimum atomic E-state index is -1.25. The first kappa shape index (κ1) is 28.8. The number of rotatable bonds is 15. The van der Waals surface area contributed by atoms with Gasteiger partial charge in [-0.15, -0.1) is 0 Å². The van der Waals surface area contributed by atoms with Gasteiger partial charge in [0, 0.05) is 31.3 Å². The molecule has 200 valence electrons. The summed E-state index contributed by atoms with van der Waals surface area (Å²) in [4.78, 5) is 59.9. The normalized spacial score (nSPS) is 13.0. The summed E-state index contributed by atoms with van der Waals surface area (Å²) < 4.78 is 0. The molecular formula is C23H33N9O5. The first-order valence-corrected chi connectivity index (χ1v) is 11.6. The van der Waals surface area contributed by atoms with E-state index in [1.807, 2.05) is 0 Å². The number of hydrogen-bond acceptors (Lipinski definition) is 7. The maximum absolute atomic E-state index is 13.0. The summed E-state index contributed by atoms with van der Waals surface area (Å²) in [6.45, 7) is -0.104. The van der Waals surface area contributed by atoms with Crippen LogP contribution in [-0.2, 0) is 32.0 Å². The zero-order valence-electron chi connectivity index (χ0n) is 20.2. The Morgan fingerprint density at radius 1 is 1.03 bits per heavy atom. The van der Waals surface area contributed by atoms with Gasteiger partial charge in [0.25, 0.3) is 0 Å². The molecule has 0 spiro atoms. The molecule has 0 saturated carbocycles. The Kier molecular flexibility index (Phi) is 11.5. The molecule has 3 unspecified atom stereocenters. The van der Waals surface area contributed by atoms with Crippen LogP contribution in [0.15, 0.2) is 47.8 Å². The highest BCUT2D eigenvalue weighted by Crippen LogP contribution is 2.06. The summed E-state index contributed by atoms with van der Waals surface area (Å²) in [6, 6.07) is 5.69. The summed E-state index contributed by atoms with van der Waals surface area (Å²) >= 11 is 0. The molecule has 3 atom stereocenters. The number of aliphatic carboxylic acids is 1. The number of carbonyl (C=O) groups excluding carboxylic acids is 3. The summed E-state index contributed by atoms with van der Waals surface area (Å²) in [5, 5.41) is 17.0. The number of amides is 3. The number of H-pyrrole nitrogens is 1. The van der Waals surface area contributed by atoms with E-state index in [9.17, 15) is 24.3 Å². The number of nitrogens with two attached hydrogens (primary N) is 3. The van der Waals surface area contributed by atoms with Crippen LogP contribution in [0.4, 0.5) is 0 Å². The van der Waals surface area contributed by atoms with Gasteiger partial charge in [-0.1, -0.05) is 30.3 Å². The van der Waals surface area contributed by atoms with Crippen molar-refractivity contribution in [3.05, 3.63) is 54.1 Å². The third-order valence-electron chi connectivity index (χ3n) is 5.26. The number of carbonyl (C=O) groups is 4. The van der Waals surface area contributed by atoms with Crippen molar-refractivity contribution >= 4 is 29.7 Å². The highest BCUT2D eigenvalue weighted by molar-refractivity contribution is 5.92. The number of carboxylic acid groups (broad SMARTS) is 1. The number of aromatic amines is 1. The highest BCUT2D eigenvalue weighted by Gasteiger charge is 2.27. The number of benzene rings is 1. The van der Waals surface area contributed by atoms with Gasteiger partial charge in [0.2, 0.25) is 17.7 Å². The SMILES string of the molecule is NC(N)=NCCCC(N)C(=O)NCC(=O)NC(Cc1ccccc1)C(=O)NC(Cc1cnc[nH]1)C(=O)O. The molecule has 0 radical (unpaired) electrons. The molecule has 0 saturated heterocycles. The molecule has 0 aliphatic carbocycles. The number of nitrogens with one attached hydrogen (secondary N) is 4. The third-order valence-corrected chi connectivity index (χ3v) is 5.26. The Labute approximate surface area is 213 Å². The van der Waals surface area contributed by atoms with Gasteiger partial charge in [-0.25, -0.2) is 9.78 Å². The average molecular weight is 516 g/mol. The van der Waals surface area contributed by atoms with Gasteiger partial charge in [0.15, 0.2) is 5.96 Å². The molecule has 2 rings (SSSR count). The maximum atomic E-state index is 13.0. The summed E-state index contributed by atoms with van der Waals surface area (Å²) in [7, 11) is 0. The molecule has 3 amide bonds. The minimum absolute atomic E-state index is 0.0236. The molecule has 0 aliphatic heterocycles. The van der Waals surface area contributed by atoms with Crippen LogP contribution in [0.3, 0.4) is 0 Å². The zero-order valence-corrected chi connectivity index (χ0v) is 20.2. The monoisotopic (exact) mass is 515 g/mol. The van der Waals surface area contributed by atoms with Gasteiger partial charge in [-0.2, -0.15) is 0 Å². The van der Waals surface area contributed by atoms with E-state index in [4.69, 9.17) is 17.2 Å². The quantitative estimate of drug-likeness (QED) is 0.0724. The molecule has 0 aliphatic rings. The fourth-order valence-electron chi connectivity index (χ4n) is 3.34. The Balaban J connectivity index is 1.97. The molecule has 2 aromatic rings. The van der Waals surface area contributed by atoms with Crippen LogP contribution in [0.5, 0.6) is 0 Å². The Morgan fingerprint density at radius 3 is 2.38 bits per heavy atom. The lowest BCUT2D eigenvalue weighted by Gasteiger charge is -2.22. The number of carboxylic acids is 1. The van der Waals surface area contributed by atoms with E-state index in [-0.39, 0.29) is 18.8 Å². The van der Waals surface area contributed by atoms with E-state index in [0.717, 1.165) is 5.56 Å². The van der Waals surface area contributed by atoms with Crippen LogP contribution >= 0.6 is 0 Å². The van der Waals surface area contributed by atoms with Crippen molar-refractivity contribution < 1.29 is 24.3 Å². The fraction of sp³-hybridized carbons (Fsp3) is 0.391. The van der Waals surface area contributed by atoms with Crippen molar-refractivity contribution in [3.8, 4) is 0 Å². The molecule has 0 fully saturated rings. The average Bonchev–Trinajstić information content (AvgIpc) is 3.37. The Morgan fingerprint density at radius 2 is 1.76 bits per heavy atom. The van der Waals surface area contributed by atoms with Crippen molar-refractivity contribution in [2.24, 2.45) is 22.2 Å². The minimum Gasteiger partial charge on any atom is -0.480 e. The van der Waals surface area contributed by atoms with Gasteiger partial charge in [0.1, 0.15) is 12.1 Å². The summed E-state index contributed by atoms with van der Waals surface area (Å²) in [5.74, 6) is -3.17. The predicted octanol–water partition coefficient (Wildman–Crippen LogP) is -2.25. The second-order valence-electron chi connectivity index (χ2n) is 8.26. The summed E-state index contributed by atoms with van der Waals surface area (Å²) in [6.07, 6.45) is 3.72. The van der Waals surface area contributed by atoms with Crippen LogP contribution in [0, 0.1) is 0 Å². The van der Waals surface area contributed by atoms with Gasteiger partial charge in [-0.3, -0.25) is 19.4 Å². The number of hydrogen-bond donors (Lipinski definition) is 8. The summed E-state index contributed by atoms with van der Waals surface area (Å²) in [5.41, 5.74) is 17.6. The largest absolute Gasteiger partial charge is 0.480 e. The molecular weight excluding hydrogens is 482 g/mol. The van der Waals surface area contributed by atoms with E-state index < -0.39 is 48.4 Å². The molecule has 0 bridgehead atoms. The van der Waals surface area contributed by atoms with Crippen LogP contribution in [0.1, 0.15) is 24.1 Å². The Hall–Kier alpha value is -4.46. The van der Waals surface area contributed by atoms with Crippen LogP contribution in [-0.4, -0.2) is 75.9 Å². The van der Waals surface area contributed by atoms with E-state index >= 15 is 0 Å². The third kappa shape index (κ3) is 10.8. The van der Waals surface area contributed by atoms with Crippen molar-refractivity contribution in [2.75, 3.05) is 13.1 Å². The molecule has 1 aromatic heterocycles.